The van der Waals surface area contributed by atoms with Gasteiger partial charge in [0.1, 0.15) is 22.1 Å². The van der Waals surface area contributed by atoms with Gasteiger partial charge in [-0.3, -0.25) is 14.2 Å². The molecular formula is C23H19F2N3O3S2. The maximum atomic E-state index is 13.8. The summed E-state index contributed by atoms with van der Waals surface area (Å²) in [4.78, 5) is 30.0. The summed E-state index contributed by atoms with van der Waals surface area (Å²) in [5, 5.41) is 4.81. The normalized spacial score (nSPS) is 11.0. The molecule has 0 radical (unpaired) electrons. The number of methoxy groups -OCH3 is 1. The summed E-state index contributed by atoms with van der Waals surface area (Å²) < 4.78 is 34.1. The predicted octanol–water partition coefficient (Wildman–Crippen LogP) is 4.20. The quantitative estimate of drug-likeness (QED) is 0.298. The van der Waals surface area contributed by atoms with E-state index in [1.165, 1.54) is 22.0 Å². The molecule has 0 saturated heterocycles. The van der Waals surface area contributed by atoms with Gasteiger partial charge in [-0.1, -0.05) is 30.0 Å². The number of thiophene rings is 1. The number of hydrogen-bond acceptors (Lipinski definition) is 6. The predicted molar refractivity (Wildman–Crippen MR) is 125 cm³/mol. The number of carbonyl (C=O) groups excluding carboxylic acids is 1. The fourth-order valence-corrected chi connectivity index (χ4v) is 4.77. The molecule has 0 bridgehead atoms. The molecule has 2 aromatic carbocycles. The van der Waals surface area contributed by atoms with E-state index < -0.39 is 11.6 Å². The Morgan fingerprint density at radius 1 is 1.21 bits per heavy atom. The molecule has 2 aromatic heterocycles. The number of nitrogens with zero attached hydrogens (tertiary/aromatic N) is 2. The summed E-state index contributed by atoms with van der Waals surface area (Å²) in [5.74, 6) is -1.12. The number of hydrogen-bond donors (Lipinski definition) is 1. The lowest BCUT2D eigenvalue weighted by Gasteiger charge is -2.13. The van der Waals surface area contributed by atoms with Gasteiger partial charge in [0.2, 0.25) is 5.91 Å². The molecule has 0 aliphatic heterocycles. The van der Waals surface area contributed by atoms with Crippen molar-refractivity contribution in [3.8, 4) is 5.75 Å². The largest absolute Gasteiger partial charge is 0.497 e. The van der Waals surface area contributed by atoms with Crippen molar-refractivity contribution in [3.63, 3.8) is 0 Å². The van der Waals surface area contributed by atoms with Gasteiger partial charge in [0.15, 0.2) is 5.16 Å². The van der Waals surface area contributed by atoms with Crippen LogP contribution in [-0.4, -0.2) is 28.3 Å². The highest BCUT2D eigenvalue weighted by molar-refractivity contribution is 7.99. The molecule has 0 saturated carbocycles. The summed E-state index contributed by atoms with van der Waals surface area (Å²) in [5.41, 5.74) is 1.42. The summed E-state index contributed by atoms with van der Waals surface area (Å²) in [6.07, 6.45) is 0. The van der Waals surface area contributed by atoms with Crippen molar-refractivity contribution in [1.82, 2.24) is 14.9 Å². The van der Waals surface area contributed by atoms with Crippen LogP contribution in [0.2, 0.25) is 0 Å². The van der Waals surface area contributed by atoms with Crippen LogP contribution in [0.4, 0.5) is 8.78 Å². The first-order chi connectivity index (χ1) is 15.9. The lowest BCUT2D eigenvalue weighted by atomic mass is 10.2. The average Bonchev–Trinajstić information content (AvgIpc) is 3.28. The Labute approximate surface area is 196 Å². The van der Waals surface area contributed by atoms with Crippen LogP contribution in [0, 0.1) is 11.6 Å². The number of carbonyl (C=O) groups is 1. The maximum absolute atomic E-state index is 13.8. The Morgan fingerprint density at radius 2 is 2.06 bits per heavy atom. The van der Waals surface area contributed by atoms with Crippen LogP contribution in [0.5, 0.6) is 5.75 Å². The lowest BCUT2D eigenvalue weighted by Crippen LogP contribution is -2.27. The van der Waals surface area contributed by atoms with Gasteiger partial charge in [-0.25, -0.2) is 13.8 Å². The fraction of sp³-hybridized carbons (Fsp3) is 0.174. The van der Waals surface area contributed by atoms with Crippen LogP contribution in [-0.2, 0) is 17.9 Å². The molecule has 2 heterocycles. The minimum atomic E-state index is -0.723. The van der Waals surface area contributed by atoms with Crippen molar-refractivity contribution < 1.29 is 18.3 Å². The molecule has 1 N–H and O–H groups in total. The monoisotopic (exact) mass is 487 g/mol. The zero-order valence-corrected chi connectivity index (χ0v) is 19.1. The first-order valence-electron chi connectivity index (χ1n) is 9.89. The molecule has 170 valence electrons. The molecule has 4 aromatic rings. The number of fused-ring (bicyclic) bond motifs is 1. The van der Waals surface area contributed by atoms with Gasteiger partial charge < -0.3 is 10.1 Å². The Balaban J connectivity index is 1.52. The van der Waals surface area contributed by atoms with E-state index >= 15 is 0 Å². The third-order valence-corrected chi connectivity index (χ3v) is 6.70. The molecule has 33 heavy (non-hydrogen) atoms. The summed E-state index contributed by atoms with van der Waals surface area (Å²) >= 11 is 2.43. The number of halogens is 2. The van der Waals surface area contributed by atoms with Crippen molar-refractivity contribution in [2.45, 2.75) is 18.2 Å². The SMILES string of the molecule is COc1cccc(Cn2c(SCC(=O)NCc3ccc(F)cc3F)nc3ccsc3c2=O)c1. The van der Waals surface area contributed by atoms with E-state index in [1.807, 2.05) is 24.3 Å². The Hall–Kier alpha value is -3.24. The Morgan fingerprint density at radius 3 is 2.85 bits per heavy atom. The van der Waals surface area contributed by atoms with Crippen molar-refractivity contribution in [2.24, 2.45) is 0 Å². The number of nitrogens with one attached hydrogen (secondary N) is 1. The third-order valence-electron chi connectivity index (χ3n) is 4.83. The van der Waals surface area contributed by atoms with E-state index in [-0.39, 0.29) is 35.9 Å². The molecule has 0 atom stereocenters. The highest BCUT2D eigenvalue weighted by atomic mass is 32.2. The van der Waals surface area contributed by atoms with Crippen molar-refractivity contribution >= 4 is 39.2 Å². The number of aromatic nitrogens is 2. The van der Waals surface area contributed by atoms with Gasteiger partial charge in [-0.05, 0) is 35.2 Å². The number of amides is 1. The molecule has 0 aliphatic rings. The second-order valence-electron chi connectivity index (χ2n) is 7.07. The van der Waals surface area contributed by atoms with Crippen molar-refractivity contribution in [1.29, 1.82) is 0 Å². The van der Waals surface area contributed by atoms with Crippen LogP contribution >= 0.6 is 23.1 Å². The van der Waals surface area contributed by atoms with Crippen LogP contribution in [0.1, 0.15) is 11.1 Å². The molecule has 4 rings (SSSR count). The molecule has 1 amide bonds. The van der Waals surface area contributed by atoms with Gasteiger partial charge in [-0.2, -0.15) is 0 Å². The molecule has 0 aliphatic carbocycles. The standard InChI is InChI=1S/C23H19F2N3O3S2/c1-31-17-4-2-3-14(9-17)12-28-22(30)21-19(7-8-32-21)27-23(28)33-13-20(29)26-11-15-5-6-16(24)10-18(15)25/h2-10H,11-13H2,1H3,(H,26,29). The zero-order chi connectivity index (χ0) is 23.4. The molecule has 10 heteroatoms. The Kier molecular flexibility index (Phi) is 7.05. The van der Waals surface area contributed by atoms with Gasteiger partial charge in [0, 0.05) is 18.2 Å². The number of benzene rings is 2. The second-order valence-corrected chi connectivity index (χ2v) is 8.93. The number of thioether (sulfide) groups is 1. The maximum Gasteiger partial charge on any atom is 0.272 e. The summed E-state index contributed by atoms with van der Waals surface area (Å²) in [6.45, 7) is 0.195. The van der Waals surface area contributed by atoms with E-state index in [0.29, 0.717) is 21.1 Å². The number of rotatable bonds is 8. The van der Waals surface area contributed by atoms with E-state index in [2.05, 4.69) is 10.3 Å². The molecule has 0 unspecified atom stereocenters. The van der Waals surface area contributed by atoms with E-state index in [4.69, 9.17) is 4.74 Å². The minimum Gasteiger partial charge on any atom is -0.497 e. The first kappa shape index (κ1) is 22.9. The Bertz CT molecular complexity index is 1370. The van der Waals surface area contributed by atoms with Crippen LogP contribution in [0.3, 0.4) is 0 Å². The highest BCUT2D eigenvalue weighted by Crippen LogP contribution is 2.22. The topological polar surface area (TPSA) is 73.2 Å². The molecular weight excluding hydrogens is 468 g/mol. The number of ether oxygens (including phenoxy) is 1. The van der Waals surface area contributed by atoms with Gasteiger partial charge in [0.05, 0.1) is 24.9 Å². The van der Waals surface area contributed by atoms with E-state index in [0.717, 1.165) is 29.5 Å². The third kappa shape index (κ3) is 5.40. The first-order valence-corrected chi connectivity index (χ1v) is 11.8. The highest BCUT2D eigenvalue weighted by Gasteiger charge is 2.15. The average molecular weight is 488 g/mol. The van der Waals surface area contributed by atoms with Gasteiger partial charge in [0.25, 0.3) is 5.56 Å². The van der Waals surface area contributed by atoms with Crippen LogP contribution in [0.15, 0.2) is 63.9 Å². The lowest BCUT2D eigenvalue weighted by molar-refractivity contribution is -0.118. The van der Waals surface area contributed by atoms with Crippen molar-refractivity contribution in [3.05, 3.63) is 87.0 Å². The zero-order valence-electron chi connectivity index (χ0n) is 17.5. The second kappa shape index (κ2) is 10.1. The van der Waals surface area contributed by atoms with E-state index in [9.17, 15) is 18.4 Å². The molecule has 0 fully saturated rings. The van der Waals surface area contributed by atoms with Crippen molar-refractivity contribution in [2.75, 3.05) is 12.9 Å². The molecule has 0 spiro atoms. The minimum absolute atomic E-state index is 0.0248. The summed E-state index contributed by atoms with van der Waals surface area (Å²) in [6, 6.07) is 12.3. The van der Waals surface area contributed by atoms with Crippen LogP contribution in [0.25, 0.3) is 10.2 Å². The van der Waals surface area contributed by atoms with Gasteiger partial charge in [-0.15, -0.1) is 11.3 Å². The molecule has 6 nitrogen and oxygen atoms in total. The fourth-order valence-electron chi connectivity index (χ4n) is 3.17. The van der Waals surface area contributed by atoms with Gasteiger partial charge >= 0.3 is 0 Å². The smallest absolute Gasteiger partial charge is 0.272 e. The van der Waals surface area contributed by atoms with E-state index in [1.54, 1.807) is 18.6 Å². The summed E-state index contributed by atoms with van der Waals surface area (Å²) in [7, 11) is 1.57. The van der Waals surface area contributed by atoms with Crippen LogP contribution < -0.4 is 15.6 Å².